The highest BCUT2D eigenvalue weighted by Crippen LogP contribution is 2.23. The number of benzene rings is 2. The number of hydrogen-bond donors (Lipinski definition) is 0. The van der Waals surface area contributed by atoms with E-state index in [0.717, 1.165) is 10.2 Å². The molecule has 1 heterocycles. The Labute approximate surface area is 185 Å². The van der Waals surface area contributed by atoms with Gasteiger partial charge in [0.15, 0.2) is 4.80 Å². The Kier molecular flexibility index (Phi) is 6.95. The lowest BCUT2D eigenvalue weighted by atomic mass is 10.2. The van der Waals surface area contributed by atoms with Gasteiger partial charge in [-0.15, -0.1) is 6.42 Å². The Bertz CT molecular complexity index is 1310. The molecule has 0 fully saturated rings. The Morgan fingerprint density at radius 2 is 1.87 bits per heavy atom. The highest BCUT2D eigenvalue weighted by Gasteiger charge is 2.21. The van der Waals surface area contributed by atoms with Crippen molar-refractivity contribution in [3.8, 4) is 18.1 Å². The van der Waals surface area contributed by atoms with Crippen LogP contribution >= 0.6 is 11.3 Å². The molecule has 0 saturated heterocycles. The van der Waals surface area contributed by atoms with Gasteiger partial charge in [-0.05, 0) is 42.5 Å². The third-order valence-corrected chi connectivity index (χ3v) is 7.89. The standard InChI is InChI=1S/C22H23N3O4S2/c1-5-14-25-19-13-10-17(29-4)15-20(19)30-22(25)23-21(26)16-8-11-18(12-9-16)31(27,28)24(6-2)7-3/h1,8-13,15H,6-7,14H2,2-4H3. The lowest BCUT2D eigenvalue weighted by Crippen LogP contribution is -2.30. The van der Waals surface area contributed by atoms with Gasteiger partial charge in [-0.3, -0.25) is 4.79 Å². The summed E-state index contributed by atoms with van der Waals surface area (Å²) in [5, 5.41) is 0. The zero-order valence-electron chi connectivity index (χ0n) is 17.5. The summed E-state index contributed by atoms with van der Waals surface area (Å²) >= 11 is 1.33. The lowest BCUT2D eigenvalue weighted by molar-refractivity contribution is 0.0998. The summed E-state index contributed by atoms with van der Waals surface area (Å²) in [6.07, 6.45) is 5.50. The quantitative estimate of drug-likeness (QED) is 0.511. The molecule has 0 spiro atoms. The molecule has 1 aromatic heterocycles. The van der Waals surface area contributed by atoms with Gasteiger partial charge in [0.05, 0.1) is 28.8 Å². The Hall–Kier alpha value is -2.93. The van der Waals surface area contributed by atoms with Gasteiger partial charge in [0.1, 0.15) is 5.75 Å². The molecule has 0 aliphatic rings. The number of terminal acetylenes is 1. The van der Waals surface area contributed by atoms with Crippen molar-refractivity contribution in [2.45, 2.75) is 25.3 Å². The summed E-state index contributed by atoms with van der Waals surface area (Å²) in [4.78, 5) is 17.6. The highest BCUT2D eigenvalue weighted by atomic mass is 32.2. The maximum atomic E-state index is 12.8. The van der Waals surface area contributed by atoms with Crippen molar-refractivity contribution in [1.29, 1.82) is 0 Å². The average molecular weight is 458 g/mol. The van der Waals surface area contributed by atoms with E-state index >= 15 is 0 Å². The number of amides is 1. The SMILES string of the molecule is C#CCn1c(=NC(=O)c2ccc(S(=O)(=O)N(CC)CC)cc2)sc2cc(OC)ccc21. The van der Waals surface area contributed by atoms with Crippen molar-refractivity contribution in [3.05, 3.63) is 52.8 Å². The molecule has 3 rings (SSSR count). The van der Waals surface area contributed by atoms with Crippen LogP contribution < -0.4 is 9.54 Å². The van der Waals surface area contributed by atoms with Crippen LogP contribution in [-0.2, 0) is 16.6 Å². The number of aromatic nitrogens is 1. The number of fused-ring (bicyclic) bond motifs is 1. The number of methoxy groups -OCH3 is 1. The van der Waals surface area contributed by atoms with E-state index in [-0.39, 0.29) is 11.4 Å². The first kappa shape index (κ1) is 22.7. The second-order valence-electron chi connectivity index (χ2n) is 6.54. The van der Waals surface area contributed by atoms with Crippen molar-refractivity contribution in [1.82, 2.24) is 8.87 Å². The molecule has 0 saturated carbocycles. The van der Waals surface area contributed by atoms with Crippen molar-refractivity contribution < 1.29 is 17.9 Å². The van der Waals surface area contributed by atoms with Gasteiger partial charge in [0.25, 0.3) is 5.91 Å². The van der Waals surface area contributed by atoms with Crippen LogP contribution in [0.3, 0.4) is 0 Å². The monoisotopic (exact) mass is 457 g/mol. The number of carbonyl (C=O) groups is 1. The van der Waals surface area contributed by atoms with Gasteiger partial charge in [-0.25, -0.2) is 8.42 Å². The largest absolute Gasteiger partial charge is 0.497 e. The van der Waals surface area contributed by atoms with E-state index < -0.39 is 15.9 Å². The van der Waals surface area contributed by atoms with Crippen molar-refractivity contribution >= 4 is 37.5 Å². The van der Waals surface area contributed by atoms with Gasteiger partial charge in [-0.1, -0.05) is 31.1 Å². The summed E-state index contributed by atoms with van der Waals surface area (Å²) in [6, 6.07) is 11.4. The van der Waals surface area contributed by atoms with Crippen molar-refractivity contribution in [2.75, 3.05) is 20.2 Å². The minimum Gasteiger partial charge on any atom is -0.497 e. The van der Waals surface area contributed by atoms with E-state index in [9.17, 15) is 13.2 Å². The van der Waals surface area contributed by atoms with Gasteiger partial charge in [0.2, 0.25) is 10.0 Å². The van der Waals surface area contributed by atoms with Crippen LogP contribution in [0, 0.1) is 12.3 Å². The molecule has 2 aromatic carbocycles. The Morgan fingerprint density at radius 1 is 1.19 bits per heavy atom. The van der Waals surface area contributed by atoms with E-state index in [1.54, 1.807) is 25.5 Å². The average Bonchev–Trinajstić information content (AvgIpc) is 3.10. The minimum atomic E-state index is -3.59. The maximum Gasteiger partial charge on any atom is 0.279 e. The van der Waals surface area contributed by atoms with E-state index in [0.29, 0.717) is 29.2 Å². The molecule has 7 nitrogen and oxygen atoms in total. The molecule has 0 aliphatic carbocycles. The van der Waals surface area contributed by atoms with Crippen molar-refractivity contribution in [3.63, 3.8) is 0 Å². The molecule has 3 aromatic rings. The van der Waals surface area contributed by atoms with Crippen LogP contribution in [0.1, 0.15) is 24.2 Å². The van der Waals surface area contributed by atoms with Gasteiger partial charge < -0.3 is 9.30 Å². The second-order valence-corrected chi connectivity index (χ2v) is 9.49. The molecule has 9 heteroatoms. The van der Waals surface area contributed by atoms with Gasteiger partial charge in [0, 0.05) is 18.7 Å². The molecule has 0 unspecified atom stereocenters. The molecule has 0 bridgehead atoms. The van der Waals surface area contributed by atoms with Crippen LogP contribution in [0.2, 0.25) is 0 Å². The fraction of sp³-hybridized carbons (Fsp3) is 0.273. The summed E-state index contributed by atoms with van der Waals surface area (Å²) in [6.45, 7) is 4.58. The number of sulfonamides is 1. The summed E-state index contributed by atoms with van der Waals surface area (Å²) in [7, 11) is -2.00. The highest BCUT2D eigenvalue weighted by molar-refractivity contribution is 7.89. The van der Waals surface area contributed by atoms with Crippen LogP contribution in [0.5, 0.6) is 5.75 Å². The number of carbonyl (C=O) groups excluding carboxylic acids is 1. The van der Waals surface area contributed by atoms with E-state index in [1.165, 1.54) is 39.9 Å². The molecule has 0 aliphatic heterocycles. The molecule has 162 valence electrons. The number of thiazole rings is 1. The number of rotatable bonds is 7. The topological polar surface area (TPSA) is 81.0 Å². The molecule has 0 radical (unpaired) electrons. The summed E-state index contributed by atoms with van der Waals surface area (Å²) in [5.41, 5.74) is 1.15. The normalized spacial score (nSPS) is 12.3. The maximum absolute atomic E-state index is 12.8. The van der Waals surface area contributed by atoms with E-state index in [4.69, 9.17) is 11.2 Å². The van der Waals surface area contributed by atoms with E-state index in [1.807, 2.05) is 18.2 Å². The second kappa shape index (κ2) is 9.47. The number of ether oxygens (including phenoxy) is 1. The third kappa shape index (κ3) is 4.56. The predicted octanol–water partition coefficient (Wildman–Crippen LogP) is 3.12. The van der Waals surface area contributed by atoms with Crippen LogP contribution in [-0.4, -0.2) is 43.4 Å². The lowest BCUT2D eigenvalue weighted by Gasteiger charge is -2.18. The van der Waals surface area contributed by atoms with Crippen LogP contribution in [0.4, 0.5) is 0 Å². The predicted molar refractivity (Wildman–Crippen MR) is 122 cm³/mol. The summed E-state index contributed by atoms with van der Waals surface area (Å²) < 4.78 is 34.5. The molecule has 0 N–H and O–H groups in total. The van der Waals surface area contributed by atoms with Gasteiger partial charge in [-0.2, -0.15) is 9.30 Å². The van der Waals surface area contributed by atoms with Crippen LogP contribution in [0.25, 0.3) is 10.2 Å². The zero-order valence-corrected chi connectivity index (χ0v) is 19.2. The van der Waals surface area contributed by atoms with Gasteiger partial charge >= 0.3 is 0 Å². The zero-order chi connectivity index (χ0) is 22.6. The Balaban J connectivity index is 2.00. The molecule has 31 heavy (non-hydrogen) atoms. The molecular weight excluding hydrogens is 434 g/mol. The number of nitrogens with zero attached hydrogens (tertiary/aromatic N) is 3. The van der Waals surface area contributed by atoms with Crippen LogP contribution in [0.15, 0.2) is 52.4 Å². The first-order valence-electron chi connectivity index (χ1n) is 9.65. The molecular formula is C22H23N3O4S2. The summed E-state index contributed by atoms with van der Waals surface area (Å²) in [5.74, 6) is 2.81. The molecule has 1 amide bonds. The first-order valence-corrected chi connectivity index (χ1v) is 11.9. The first-order chi connectivity index (χ1) is 14.8. The molecule has 0 atom stereocenters. The Morgan fingerprint density at radius 3 is 2.45 bits per heavy atom. The third-order valence-electron chi connectivity index (χ3n) is 4.78. The van der Waals surface area contributed by atoms with E-state index in [2.05, 4.69) is 10.9 Å². The number of hydrogen-bond acceptors (Lipinski definition) is 5. The smallest absolute Gasteiger partial charge is 0.279 e. The fourth-order valence-corrected chi connectivity index (χ4v) is 5.66. The minimum absolute atomic E-state index is 0.143. The van der Waals surface area contributed by atoms with Crippen molar-refractivity contribution in [2.24, 2.45) is 4.99 Å². The fourth-order valence-electron chi connectivity index (χ4n) is 3.14.